The van der Waals surface area contributed by atoms with Crippen LogP contribution in [0.2, 0.25) is 0 Å². The van der Waals surface area contributed by atoms with Crippen molar-refractivity contribution in [3.05, 3.63) is 84.2 Å². The SMILES string of the molecule is CCN1CCN(Cc2ccc(O)cc2)CC(Cc2ccccc2-c2cccnc2)C1=O. The third-order valence-corrected chi connectivity index (χ3v) is 6.01. The maximum atomic E-state index is 13.3. The second-order valence-electron chi connectivity index (χ2n) is 8.12. The van der Waals surface area contributed by atoms with Crippen molar-refractivity contribution < 1.29 is 9.90 Å². The molecule has 3 aromatic rings. The first kappa shape index (κ1) is 21.1. The molecule has 0 saturated carbocycles. The van der Waals surface area contributed by atoms with Gasteiger partial charge in [-0.15, -0.1) is 0 Å². The van der Waals surface area contributed by atoms with Gasteiger partial charge < -0.3 is 10.0 Å². The highest BCUT2D eigenvalue weighted by Gasteiger charge is 2.30. The second-order valence-corrected chi connectivity index (χ2v) is 8.12. The Bertz CT molecular complexity index is 1000. The number of benzene rings is 2. The molecule has 5 nitrogen and oxygen atoms in total. The third kappa shape index (κ3) is 5.12. The Labute approximate surface area is 184 Å². The lowest BCUT2D eigenvalue weighted by molar-refractivity contribution is -0.134. The minimum Gasteiger partial charge on any atom is -0.508 e. The molecular weight excluding hydrogens is 386 g/mol. The van der Waals surface area contributed by atoms with Gasteiger partial charge in [0.2, 0.25) is 5.91 Å². The molecule has 2 aromatic carbocycles. The minimum absolute atomic E-state index is 0.0996. The van der Waals surface area contributed by atoms with Crippen LogP contribution in [0.15, 0.2) is 73.1 Å². The highest BCUT2D eigenvalue weighted by Crippen LogP contribution is 2.27. The molecule has 0 spiro atoms. The number of phenols is 1. The molecule has 2 heterocycles. The Morgan fingerprint density at radius 1 is 1.03 bits per heavy atom. The van der Waals surface area contributed by atoms with Gasteiger partial charge in [0.1, 0.15) is 5.75 Å². The van der Waals surface area contributed by atoms with Gasteiger partial charge in [0.25, 0.3) is 0 Å². The van der Waals surface area contributed by atoms with Gasteiger partial charge in [0, 0.05) is 50.7 Å². The number of carbonyl (C=O) groups is 1. The standard InChI is InChI=1S/C26H29N3O2/c1-2-29-15-14-28(18-20-9-11-24(30)12-10-20)19-23(26(29)31)16-21-6-3-4-8-25(21)22-7-5-13-27-17-22/h3-13,17,23,30H,2,14-16,18-19H2,1H3. The molecule has 1 aliphatic rings. The monoisotopic (exact) mass is 415 g/mol. The predicted molar refractivity (Wildman–Crippen MR) is 123 cm³/mol. The molecule has 31 heavy (non-hydrogen) atoms. The zero-order valence-electron chi connectivity index (χ0n) is 17.9. The summed E-state index contributed by atoms with van der Waals surface area (Å²) in [5, 5.41) is 9.57. The van der Waals surface area contributed by atoms with Crippen molar-refractivity contribution in [1.82, 2.24) is 14.8 Å². The summed E-state index contributed by atoms with van der Waals surface area (Å²) < 4.78 is 0. The molecule has 1 N–H and O–H groups in total. The van der Waals surface area contributed by atoms with Crippen molar-refractivity contribution >= 4 is 5.91 Å². The van der Waals surface area contributed by atoms with Gasteiger partial charge in [-0.3, -0.25) is 14.7 Å². The van der Waals surface area contributed by atoms with Gasteiger partial charge in [0.15, 0.2) is 0 Å². The Hall–Kier alpha value is -3.18. The lowest BCUT2D eigenvalue weighted by Crippen LogP contribution is -2.37. The predicted octanol–water partition coefficient (Wildman–Crippen LogP) is 3.98. The van der Waals surface area contributed by atoms with Crippen molar-refractivity contribution in [2.45, 2.75) is 19.9 Å². The van der Waals surface area contributed by atoms with Gasteiger partial charge in [-0.05, 0) is 48.2 Å². The first-order chi connectivity index (χ1) is 15.1. The molecule has 5 heteroatoms. The summed E-state index contributed by atoms with van der Waals surface area (Å²) >= 11 is 0. The summed E-state index contributed by atoms with van der Waals surface area (Å²) in [4.78, 5) is 21.9. The molecule has 0 aliphatic carbocycles. The van der Waals surface area contributed by atoms with E-state index in [1.807, 2.05) is 48.4 Å². The number of rotatable bonds is 6. The van der Waals surface area contributed by atoms with E-state index in [2.05, 4.69) is 28.1 Å². The number of carbonyl (C=O) groups excluding carboxylic acids is 1. The van der Waals surface area contributed by atoms with Crippen molar-refractivity contribution in [3.63, 3.8) is 0 Å². The zero-order chi connectivity index (χ0) is 21.6. The lowest BCUT2D eigenvalue weighted by Gasteiger charge is -2.24. The summed E-state index contributed by atoms with van der Waals surface area (Å²) in [7, 11) is 0. The molecule has 160 valence electrons. The number of phenolic OH excluding ortho intramolecular Hbond substituents is 1. The molecule has 0 radical (unpaired) electrons. The van der Waals surface area contributed by atoms with E-state index in [1.54, 1.807) is 18.3 Å². The van der Waals surface area contributed by atoms with E-state index in [0.717, 1.165) is 49.4 Å². The first-order valence-corrected chi connectivity index (χ1v) is 10.9. The first-order valence-electron chi connectivity index (χ1n) is 10.9. The van der Waals surface area contributed by atoms with Crippen LogP contribution in [0.25, 0.3) is 11.1 Å². The lowest BCUT2D eigenvalue weighted by atomic mass is 9.91. The molecule has 1 saturated heterocycles. The van der Waals surface area contributed by atoms with Crippen LogP contribution in [0, 0.1) is 5.92 Å². The minimum atomic E-state index is -0.0996. The molecule has 1 amide bonds. The maximum absolute atomic E-state index is 13.3. The van der Waals surface area contributed by atoms with Gasteiger partial charge in [-0.25, -0.2) is 0 Å². The number of aromatic hydroxyl groups is 1. The second kappa shape index (κ2) is 9.75. The van der Waals surface area contributed by atoms with E-state index >= 15 is 0 Å². The van der Waals surface area contributed by atoms with E-state index in [4.69, 9.17) is 0 Å². The fourth-order valence-electron chi connectivity index (χ4n) is 4.35. The van der Waals surface area contributed by atoms with Crippen molar-refractivity contribution in [2.75, 3.05) is 26.2 Å². The number of nitrogens with zero attached hydrogens (tertiary/aromatic N) is 3. The molecular formula is C26H29N3O2. The fraction of sp³-hybridized carbons (Fsp3) is 0.308. The van der Waals surface area contributed by atoms with Crippen molar-refractivity contribution in [3.8, 4) is 16.9 Å². The Kier molecular flexibility index (Phi) is 6.63. The summed E-state index contributed by atoms with van der Waals surface area (Å²) in [6, 6.07) is 19.7. The normalized spacial score (nSPS) is 17.5. The largest absolute Gasteiger partial charge is 0.508 e. The number of amides is 1. The Balaban J connectivity index is 1.58. The maximum Gasteiger partial charge on any atom is 0.227 e. The van der Waals surface area contributed by atoms with E-state index in [-0.39, 0.29) is 17.6 Å². The van der Waals surface area contributed by atoms with Crippen LogP contribution in [-0.4, -0.2) is 52.0 Å². The van der Waals surface area contributed by atoms with Crippen LogP contribution in [0.3, 0.4) is 0 Å². The fourth-order valence-corrected chi connectivity index (χ4v) is 4.35. The Morgan fingerprint density at radius 3 is 2.58 bits per heavy atom. The van der Waals surface area contributed by atoms with E-state index in [9.17, 15) is 9.90 Å². The van der Waals surface area contributed by atoms with E-state index in [1.165, 1.54) is 5.56 Å². The van der Waals surface area contributed by atoms with Crippen LogP contribution >= 0.6 is 0 Å². The Morgan fingerprint density at radius 2 is 1.84 bits per heavy atom. The quantitative estimate of drug-likeness (QED) is 0.662. The van der Waals surface area contributed by atoms with E-state index in [0.29, 0.717) is 6.42 Å². The molecule has 1 aliphatic heterocycles. The van der Waals surface area contributed by atoms with Crippen molar-refractivity contribution in [1.29, 1.82) is 0 Å². The molecule has 0 bridgehead atoms. The molecule has 1 fully saturated rings. The number of aromatic nitrogens is 1. The van der Waals surface area contributed by atoms with Crippen LogP contribution in [0.4, 0.5) is 0 Å². The zero-order valence-corrected chi connectivity index (χ0v) is 17.9. The average Bonchev–Trinajstić information content (AvgIpc) is 2.95. The highest BCUT2D eigenvalue weighted by molar-refractivity contribution is 5.80. The van der Waals surface area contributed by atoms with Gasteiger partial charge >= 0.3 is 0 Å². The van der Waals surface area contributed by atoms with Gasteiger partial charge in [-0.1, -0.05) is 42.5 Å². The number of hydrogen-bond donors (Lipinski definition) is 1. The smallest absolute Gasteiger partial charge is 0.227 e. The summed E-state index contributed by atoms with van der Waals surface area (Å²) in [6.45, 7) is 5.86. The molecule has 1 aromatic heterocycles. The van der Waals surface area contributed by atoms with Crippen LogP contribution in [0.5, 0.6) is 5.75 Å². The van der Waals surface area contributed by atoms with Crippen molar-refractivity contribution in [2.24, 2.45) is 5.92 Å². The molecule has 1 unspecified atom stereocenters. The number of pyridine rings is 1. The molecule has 4 rings (SSSR count). The van der Waals surface area contributed by atoms with Crippen LogP contribution < -0.4 is 0 Å². The molecule has 1 atom stereocenters. The van der Waals surface area contributed by atoms with Gasteiger partial charge in [-0.2, -0.15) is 0 Å². The summed E-state index contributed by atoms with van der Waals surface area (Å²) in [5.41, 5.74) is 4.54. The van der Waals surface area contributed by atoms with Crippen LogP contribution in [-0.2, 0) is 17.8 Å². The average molecular weight is 416 g/mol. The van der Waals surface area contributed by atoms with Gasteiger partial charge in [0.05, 0.1) is 5.92 Å². The topological polar surface area (TPSA) is 56.7 Å². The highest BCUT2D eigenvalue weighted by atomic mass is 16.3. The summed E-state index contributed by atoms with van der Waals surface area (Å²) in [6.07, 6.45) is 4.36. The number of likely N-dealkylation sites (N-methyl/N-ethyl adjacent to an activating group) is 1. The third-order valence-electron chi connectivity index (χ3n) is 6.01. The number of hydrogen-bond acceptors (Lipinski definition) is 4. The summed E-state index contributed by atoms with van der Waals surface area (Å²) in [5.74, 6) is 0.408. The van der Waals surface area contributed by atoms with Crippen LogP contribution in [0.1, 0.15) is 18.1 Å². The van der Waals surface area contributed by atoms with E-state index < -0.39 is 0 Å².